The van der Waals surface area contributed by atoms with E-state index in [1.54, 1.807) is 0 Å². The molecule has 2 saturated heterocycles. The Labute approximate surface area is 193 Å². The van der Waals surface area contributed by atoms with E-state index in [4.69, 9.17) is 19.4 Å². The SMILES string of the molecule is COC(=O)N1[C@@H]2CCC[C@H]1C[C@H](N(C)c1nc(Nc3cc(C)[nH]n3)cc(C3=CCCO3)n1)C2. The van der Waals surface area contributed by atoms with Crippen LogP contribution in [0.5, 0.6) is 0 Å². The number of aromatic amines is 1. The smallest absolute Gasteiger partial charge is 0.409 e. The second-order valence-electron chi connectivity index (χ2n) is 9.06. The number of nitrogens with one attached hydrogen (secondary N) is 2. The van der Waals surface area contributed by atoms with E-state index < -0.39 is 0 Å². The van der Waals surface area contributed by atoms with Gasteiger partial charge in [0.05, 0.1) is 13.7 Å². The number of hydrogen-bond acceptors (Lipinski definition) is 8. The van der Waals surface area contributed by atoms with Crippen molar-refractivity contribution in [3.63, 3.8) is 0 Å². The van der Waals surface area contributed by atoms with Crippen molar-refractivity contribution in [3.05, 3.63) is 29.6 Å². The fourth-order valence-electron chi connectivity index (χ4n) is 5.23. The molecule has 0 saturated carbocycles. The third-order valence-electron chi connectivity index (χ3n) is 6.83. The van der Waals surface area contributed by atoms with Crippen molar-refractivity contribution in [1.82, 2.24) is 25.1 Å². The number of aromatic nitrogens is 4. The third kappa shape index (κ3) is 4.34. The molecule has 2 aromatic rings. The fraction of sp³-hybridized carbons (Fsp3) is 0.565. The summed E-state index contributed by atoms with van der Waals surface area (Å²) in [6, 6.07) is 4.43. The maximum atomic E-state index is 12.4. The minimum Gasteiger partial charge on any atom is -0.491 e. The van der Waals surface area contributed by atoms with Crippen molar-refractivity contribution in [3.8, 4) is 0 Å². The van der Waals surface area contributed by atoms with Gasteiger partial charge >= 0.3 is 6.09 Å². The molecule has 3 aliphatic rings. The number of fused-ring (bicyclic) bond motifs is 2. The second-order valence-corrected chi connectivity index (χ2v) is 9.06. The van der Waals surface area contributed by atoms with Crippen molar-refractivity contribution in [2.75, 3.05) is 31.0 Å². The van der Waals surface area contributed by atoms with Gasteiger partial charge in [-0.15, -0.1) is 0 Å². The molecule has 0 spiro atoms. The van der Waals surface area contributed by atoms with Gasteiger partial charge in [0.2, 0.25) is 5.95 Å². The minimum atomic E-state index is -0.213. The molecule has 0 unspecified atom stereocenters. The van der Waals surface area contributed by atoms with Gasteiger partial charge in [0, 0.05) is 49.4 Å². The lowest BCUT2D eigenvalue weighted by atomic mass is 9.81. The van der Waals surface area contributed by atoms with Gasteiger partial charge in [0.25, 0.3) is 0 Å². The Hall–Kier alpha value is -3.30. The molecular weight excluding hydrogens is 422 g/mol. The molecule has 33 heavy (non-hydrogen) atoms. The zero-order chi connectivity index (χ0) is 22.9. The summed E-state index contributed by atoms with van der Waals surface area (Å²) < 4.78 is 10.9. The standard InChI is InChI=1S/C23H31N7O3/c1-14-10-21(28-27-14)25-20-13-18(19-8-5-9-33-19)24-22(26-20)29(2)17-11-15-6-4-7-16(12-17)30(15)23(31)32-3/h8,10,13,15-17H,4-7,9,11-12H2,1-3H3,(H2,24,25,26,27,28)/t15-,16+,17-. The van der Waals surface area contributed by atoms with Gasteiger partial charge < -0.3 is 24.6 Å². The molecule has 0 aliphatic carbocycles. The average molecular weight is 454 g/mol. The largest absolute Gasteiger partial charge is 0.491 e. The zero-order valence-corrected chi connectivity index (χ0v) is 19.4. The lowest BCUT2D eigenvalue weighted by Crippen LogP contribution is -2.58. The monoisotopic (exact) mass is 453 g/mol. The number of methoxy groups -OCH3 is 1. The molecule has 3 aliphatic heterocycles. The van der Waals surface area contributed by atoms with Gasteiger partial charge in [0.1, 0.15) is 17.3 Å². The Morgan fingerprint density at radius 3 is 2.67 bits per heavy atom. The molecule has 5 heterocycles. The molecule has 0 aromatic carbocycles. The van der Waals surface area contributed by atoms with Gasteiger partial charge in [-0.3, -0.25) is 5.10 Å². The summed E-state index contributed by atoms with van der Waals surface area (Å²) in [5.41, 5.74) is 1.72. The first-order chi connectivity index (χ1) is 16.0. The normalized spacial score (nSPS) is 24.2. The molecular formula is C23H31N7O3. The summed E-state index contributed by atoms with van der Waals surface area (Å²) in [7, 11) is 3.50. The van der Waals surface area contributed by atoms with E-state index in [2.05, 4.69) is 26.5 Å². The highest BCUT2D eigenvalue weighted by molar-refractivity contribution is 5.69. The van der Waals surface area contributed by atoms with Crippen LogP contribution in [0.2, 0.25) is 0 Å². The molecule has 2 N–H and O–H groups in total. The number of aryl methyl sites for hydroxylation is 1. The van der Waals surface area contributed by atoms with E-state index in [1.807, 2.05) is 31.0 Å². The van der Waals surface area contributed by atoms with Gasteiger partial charge in [0.15, 0.2) is 5.82 Å². The maximum Gasteiger partial charge on any atom is 0.409 e. The Morgan fingerprint density at radius 2 is 2.03 bits per heavy atom. The fourth-order valence-corrected chi connectivity index (χ4v) is 5.23. The number of hydrogen-bond donors (Lipinski definition) is 2. The van der Waals surface area contributed by atoms with Crippen molar-refractivity contribution in [1.29, 1.82) is 0 Å². The molecule has 2 fully saturated rings. The summed E-state index contributed by atoms with van der Waals surface area (Å²) in [6.07, 6.45) is 7.62. The molecule has 0 radical (unpaired) electrons. The molecule has 1 amide bonds. The Kier molecular flexibility index (Phi) is 5.82. The summed E-state index contributed by atoms with van der Waals surface area (Å²) in [5.74, 6) is 2.78. The van der Waals surface area contributed by atoms with E-state index in [0.717, 1.165) is 55.7 Å². The van der Waals surface area contributed by atoms with E-state index >= 15 is 0 Å². The molecule has 2 bridgehead atoms. The quantitative estimate of drug-likeness (QED) is 0.707. The van der Waals surface area contributed by atoms with Crippen molar-refractivity contribution >= 4 is 29.4 Å². The summed E-state index contributed by atoms with van der Waals surface area (Å²) in [5, 5.41) is 10.5. The molecule has 5 rings (SSSR count). The van der Waals surface area contributed by atoms with Crippen LogP contribution in [0.15, 0.2) is 18.2 Å². The molecule has 3 atom stereocenters. The van der Waals surface area contributed by atoms with Gasteiger partial charge in [-0.1, -0.05) is 0 Å². The highest BCUT2D eigenvalue weighted by Gasteiger charge is 2.43. The number of anilines is 3. The van der Waals surface area contributed by atoms with Crippen LogP contribution < -0.4 is 10.2 Å². The van der Waals surface area contributed by atoms with Crippen LogP contribution in [0.4, 0.5) is 22.4 Å². The van der Waals surface area contributed by atoms with Crippen LogP contribution in [-0.4, -0.2) is 70.0 Å². The Balaban J connectivity index is 1.42. The first-order valence-corrected chi connectivity index (χ1v) is 11.6. The number of rotatable bonds is 5. The second kappa shape index (κ2) is 8.92. The Morgan fingerprint density at radius 1 is 1.24 bits per heavy atom. The molecule has 10 heteroatoms. The topological polar surface area (TPSA) is 109 Å². The zero-order valence-electron chi connectivity index (χ0n) is 19.4. The maximum absolute atomic E-state index is 12.4. The first kappa shape index (κ1) is 21.5. The van der Waals surface area contributed by atoms with E-state index in [1.165, 1.54) is 7.11 Å². The van der Waals surface area contributed by atoms with Crippen molar-refractivity contribution < 1.29 is 14.3 Å². The summed E-state index contributed by atoms with van der Waals surface area (Å²) >= 11 is 0. The third-order valence-corrected chi connectivity index (χ3v) is 6.83. The predicted octanol–water partition coefficient (Wildman–Crippen LogP) is 3.60. The summed E-state index contributed by atoms with van der Waals surface area (Å²) in [6.45, 7) is 2.62. The number of amides is 1. The van der Waals surface area contributed by atoms with Gasteiger partial charge in [-0.2, -0.15) is 10.1 Å². The highest BCUT2D eigenvalue weighted by Crippen LogP contribution is 2.37. The average Bonchev–Trinajstić information content (AvgIpc) is 3.49. The number of piperidine rings is 2. The number of nitrogens with zero attached hydrogens (tertiary/aromatic N) is 5. The number of ether oxygens (including phenoxy) is 2. The highest BCUT2D eigenvalue weighted by atomic mass is 16.5. The van der Waals surface area contributed by atoms with Crippen LogP contribution in [-0.2, 0) is 9.47 Å². The first-order valence-electron chi connectivity index (χ1n) is 11.6. The molecule has 176 valence electrons. The molecule has 2 aromatic heterocycles. The molecule has 10 nitrogen and oxygen atoms in total. The van der Waals surface area contributed by atoms with Gasteiger partial charge in [-0.25, -0.2) is 9.78 Å². The lowest BCUT2D eigenvalue weighted by Gasteiger charge is -2.49. The predicted molar refractivity (Wildman–Crippen MR) is 124 cm³/mol. The van der Waals surface area contributed by atoms with Crippen LogP contribution >= 0.6 is 0 Å². The number of carbonyl (C=O) groups excluding carboxylic acids is 1. The van der Waals surface area contributed by atoms with E-state index in [-0.39, 0.29) is 24.2 Å². The number of carbonyl (C=O) groups is 1. The lowest BCUT2D eigenvalue weighted by molar-refractivity contribution is 0.0260. The van der Waals surface area contributed by atoms with E-state index in [9.17, 15) is 4.79 Å². The minimum absolute atomic E-state index is 0.186. The van der Waals surface area contributed by atoms with Gasteiger partial charge in [-0.05, 0) is 45.1 Å². The van der Waals surface area contributed by atoms with E-state index in [0.29, 0.717) is 24.2 Å². The van der Waals surface area contributed by atoms with Crippen LogP contribution in [0.3, 0.4) is 0 Å². The Bertz CT molecular complexity index is 1040. The van der Waals surface area contributed by atoms with Crippen LogP contribution in [0.1, 0.15) is 49.9 Å². The number of H-pyrrole nitrogens is 1. The van der Waals surface area contributed by atoms with Crippen LogP contribution in [0.25, 0.3) is 5.76 Å². The summed E-state index contributed by atoms with van der Waals surface area (Å²) in [4.78, 5) is 26.1. The van der Waals surface area contributed by atoms with Crippen molar-refractivity contribution in [2.45, 2.75) is 63.6 Å². The van der Waals surface area contributed by atoms with Crippen molar-refractivity contribution in [2.24, 2.45) is 0 Å². The van der Waals surface area contributed by atoms with Crippen LogP contribution in [0, 0.1) is 6.92 Å².